The molecule has 24 heavy (non-hydrogen) atoms. The van der Waals surface area contributed by atoms with E-state index in [9.17, 15) is 9.18 Å². The van der Waals surface area contributed by atoms with Crippen molar-refractivity contribution in [1.82, 2.24) is 14.7 Å². The molecule has 2 aliphatic rings. The van der Waals surface area contributed by atoms with Crippen molar-refractivity contribution >= 4 is 5.91 Å². The molecule has 2 saturated heterocycles. The first kappa shape index (κ1) is 17.4. The predicted octanol–water partition coefficient (Wildman–Crippen LogP) is 2.37. The van der Waals surface area contributed by atoms with Gasteiger partial charge in [-0.15, -0.1) is 0 Å². The van der Waals surface area contributed by atoms with Crippen LogP contribution in [0.5, 0.6) is 0 Å². The Bertz CT molecular complexity index is 579. The van der Waals surface area contributed by atoms with E-state index in [4.69, 9.17) is 0 Å². The Balaban J connectivity index is 1.69. The van der Waals surface area contributed by atoms with Crippen molar-refractivity contribution in [3.8, 4) is 0 Å². The summed E-state index contributed by atoms with van der Waals surface area (Å²) in [5.41, 5.74) is 1.27. The molecule has 1 atom stereocenters. The minimum Gasteiger partial charge on any atom is -0.341 e. The third-order valence-corrected chi connectivity index (χ3v) is 5.70. The Morgan fingerprint density at radius 3 is 2.21 bits per heavy atom. The fourth-order valence-electron chi connectivity index (χ4n) is 4.25. The number of halogens is 1. The number of benzene rings is 1. The van der Waals surface area contributed by atoms with E-state index in [-0.39, 0.29) is 17.8 Å². The highest BCUT2D eigenvalue weighted by Gasteiger charge is 2.41. The van der Waals surface area contributed by atoms with Crippen molar-refractivity contribution in [2.45, 2.75) is 25.3 Å². The quantitative estimate of drug-likeness (QED) is 0.850. The molecule has 0 saturated carbocycles. The number of carbonyl (C=O) groups is 1. The van der Waals surface area contributed by atoms with Crippen molar-refractivity contribution in [3.63, 3.8) is 0 Å². The van der Waals surface area contributed by atoms with Crippen molar-refractivity contribution in [2.24, 2.45) is 5.41 Å². The van der Waals surface area contributed by atoms with Crippen LogP contribution in [0.2, 0.25) is 0 Å². The van der Waals surface area contributed by atoms with Gasteiger partial charge in [0.15, 0.2) is 0 Å². The van der Waals surface area contributed by atoms with E-state index in [1.807, 2.05) is 23.9 Å². The molecule has 0 aromatic heterocycles. The molecule has 0 radical (unpaired) electrons. The summed E-state index contributed by atoms with van der Waals surface area (Å²) in [6, 6.07) is 5.95. The number of likely N-dealkylation sites (N-methyl/N-ethyl adjacent to an activating group) is 1. The van der Waals surface area contributed by atoms with Crippen LogP contribution < -0.4 is 0 Å². The van der Waals surface area contributed by atoms with E-state index >= 15 is 0 Å². The van der Waals surface area contributed by atoms with Crippen LogP contribution in [-0.2, 0) is 4.79 Å². The second kappa shape index (κ2) is 6.81. The number of rotatable bonds is 3. The third-order valence-electron chi connectivity index (χ3n) is 5.70. The lowest BCUT2D eigenvalue weighted by Crippen LogP contribution is -2.47. The number of nitrogens with zero attached hydrogens (tertiary/aromatic N) is 3. The second-order valence-corrected chi connectivity index (χ2v) is 7.73. The molecule has 1 unspecified atom stereocenters. The molecular weight excluding hydrogens is 305 g/mol. The van der Waals surface area contributed by atoms with Gasteiger partial charge in [-0.2, -0.15) is 0 Å². The zero-order valence-electron chi connectivity index (χ0n) is 15.0. The molecule has 0 bridgehead atoms. The largest absolute Gasteiger partial charge is 0.341 e. The van der Waals surface area contributed by atoms with Gasteiger partial charge in [0.25, 0.3) is 0 Å². The zero-order chi connectivity index (χ0) is 17.3. The van der Waals surface area contributed by atoms with Crippen LogP contribution in [0.1, 0.15) is 30.9 Å². The Labute approximate surface area is 144 Å². The van der Waals surface area contributed by atoms with E-state index < -0.39 is 0 Å². The van der Waals surface area contributed by atoms with E-state index in [1.54, 1.807) is 12.1 Å². The first-order valence-corrected chi connectivity index (χ1v) is 8.79. The monoisotopic (exact) mass is 333 g/mol. The predicted molar refractivity (Wildman–Crippen MR) is 93.2 cm³/mol. The molecule has 1 aromatic rings. The maximum Gasteiger partial charge on any atom is 0.244 e. The van der Waals surface area contributed by atoms with Gasteiger partial charge in [0.2, 0.25) is 5.91 Å². The number of piperidine rings is 1. The van der Waals surface area contributed by atoms with Crippen LogP contribution in [0.3, 0.4) is 0 Å². The molecule has 1 aromatic carbocycles. The van der Waals surface area contributed by atoms with Gasteiger partial charge in [-0.05, 0) is 70.1 Å². The lowest BCUT2D eigenvalue weighted by Gasteiger charge is -2.41. The van der Waals surface area contributed by atoms with Crippen molar-refractivity contribution < 1.29 is 9.18 Å². The molecule has 2 heterocycles. The molecular formula is C19H28FN3O. The van der Waals surface area contributed by atoms with Gasteiger partial charge in [-0.3, -0.25) is 9.69 Å². The molecule has 2 fully saturated rings. The maximum absolute atomic E-state index is 13.2. The van der Waals surface area contributed by atoms with E-state index in [1.165, 1.54) is 25.1 Å². The van der Waals surface area contributed by atoms with Gasteiger partial charge in [-0.25, -0.2) is 4.39 Å². The standard InChI is InChI=1S/C19H28FN3O/c1-21(2)17(15-4-6-16(20)7-5-15)18(24)23-12-9-19(10-13-23)8-11-22(3)14-19/h4-7,17H,8-14H2,1-3H3. The van der Waals surface area contributed by atoms with Crippen LogP contribution >= 0.6 is 0 Å². The van der Waals surface area contributed by atoms with Gasteiger partial charge in [-0.1, -0.05) is 12.1 Å². The molecule has 0 N–H and O–H groups in total. The normalized spacial score (nSPS) is 22.3. The third kappa shape index (κ3) is 3.47. The second-order valence-electron chi connectivity index (χ2n) is 7.73. The average molecular weight is 333 g/mol. The maximum atomic E-state index is 13.2. The molecule has 4 nitrogen and oxygen atoms in total. The van der Waals surface area contributed by atoms with Crippen LogP contribution in [0, 0.1) is 11.2 Å². The summed E-state index contributed by atoms with van der Waals surface area (Å²) in [4.78, 5) is 19.4. The first-order valence-electron chi connectivity index (χ1n) is 8.79. The van der Waals surface area contributed by atoms with Crippen molar-refractivity contribution in [2.75, 3.05) is 47.3 Å². The minimum atomic E-state index is -0.342. The van der Waals surface area contributed by atoms with Gasteiger partial charge < -0.3 is 9.80 Å². The van der Waals surface area contributed by atoms with E-state index in [0.29, 0.717) is 5.41 Å². The van der Waals surface area contributed by atoms with Crippen LogP contribution in [0.4, 0.5) is 4.39 Å². The van der Waals surface area contributed by atoms with Gasteiger partial charge in [0.1, 0.15) is 11.9 Å². The highest BCUT2D eigenvalue weighted by Crippen LogP contribution is 2.40. The highest BCUT2D eigenvalue weighted by molar-refractivity contribution is 5.83. The lowest BCUT2D eigenvalue weighted by atomic mass is 9.77. The molecule has 132 valence electrons. The molecule has 3 rings (SSSR count). The minimum absolute atomic E-state index is 0.132. The average Bonchev–Trinajstić information content (AvgIpc) is 2.90. The number of hydrogen-bond donors (Lipinski definition) is 0. The smallest absolute Gasteiger partial charge is 0.244 e. The fraction of sp³-hybridized carbons (Fsp3) is 0.632. The van der Waals surface area contributed by atoms with Gasteiger partial charge in [0, 0.05) is 19.6 Å². The SMILES string of the molecule is CN1CCC2(CCN(C(=O)C(c3ccc(F)cc3)N(C)C)CC2)C1. The Kier molecular flexibility index (Phi) is 4.92. The van der Waals surface area contributed by atoms with Crippen molar-refractivity contribution in [3.05, 3.63) is 35.6 Å². The Morgan fingerprint density at radius 1 is 1.12 bits per heavy atom. The van der Waals surface area contributed by atoms with Crippen LogP contribution in [0.15, 0.2) is 24.3 Å². The lowest BCUT2D eigenvalue weighted by molar-refractivity contribution is -0.138. The van der Waals surface area contributed by atoms with Crippen LogP contribution in [-0.4, -0.2) is 67.9 Å². The summed E-state index contributed by atoms with van der Waals surface area (Å²) < 4.78 is 13.2. The van der Waals surface area contributed by atoms with Gasteiger partial charge in [0.05, 0.1) is 0 Å². The summed E-state index contributed by atoms with van der Waals surface area (Å²) in [6.07, 6.45) is 3.43. The summed E-state index contributed by atoms with van der Waals surface area (Å²) in [7, 11) is 6.00. The fourth-order valence-corrected chi connectivity index (χ4v) is 4.25. The van der Waals surface area contributed by atoms with Crippen molar-refractivity contribution in [1.29, 1.82) is 0 Å². The number of likely N-dealkylation sites (tertiary alicyclic amines) is 2. The topological polar surface area (TPSA) is 26.8 Å². The molecule has 1 spiro atoms. The first-order chi connectivity index (χ1) is 11.4. The summed E-state index contributed by atoms with van der Waals surface area (Å²) >= 11 is 0. The number of amides is 1. The van der Waals surface area contributed by atoms with Crippen LogP contribution in [0.25, 0.3) is 0 Å². The van der Waals surface area contributed by atoms with E-state index in [2.05, 4.69) is 11.9 Å². The highest BCUT2D eigenvalue weighted by atomic mass is 19.1. The summed E-state index contributed by atoms with van der Waals surface area (Å²) in [5.74, 6) is -0.137. The Morgan fingerprint density at radius 2 is 1.71 bits per heavy atom. The number of carbonyl (C=O) groups excluding carboxylic acids is 1. The summed E-state index contributed by atoms with van der Waals surface area (Å²) in [6.45, 7) is 3.99. The Hall–Kier alpha value is -1.46. The molecule has 2 aliphatic heterocycles. The zero-order valence-corrected chi connectivity index (χ0v) is 15.0. The molecule has 5 heteroatoms. The molecule has 1 amide bonds. The number of hydrogen-bond acceptors (Lipinski definition) is 3. The van der Waals surface area contributed by atoms with E-state index in [0.717, 1.165) is 38.0 Å². The summed E-state index contributed by atoms with van der Waals surface area (Å²) in [5, 5.41) is 0. The molecule has 0 aliphatic carbocycles. The van der Waals surface area contributed by atoms with Gasteiger partial charge >= 0.3 is 0 Å².